The van der Waals surface area contributed by atoms with Crippen molar-refractivity contribution < 1.29 is 0 Å². The first-order valence-electron chi connectivity index (χ1n) is 23.2. The van der Waals surface area contributed by atoms with E-state index in [1.807, 2.05) is 0 Å². The van der Waals surface area contributed by atoms with Crippen molar-refractivity contribution in [3.8, 4) is 17.1 Å². The smallest absolute Gasteiger partial charge is 0.134 e. The van der Waals surface area contributed by atoms with Gasteiger partial charge in [-0.2, -0.15) is 0 Å². The molecule has 67 heavy (non-hydrogen) atoms. The summed E-state index contributed by atoms with van der Waals surface area (Å²) in [4.78, 5) is 5.35. The Hall–Kier alpha value is -8.41. The first kappa shape index (κ1) is 39.0. The quantitative estimate of drug-likeness (QED) is 0.178. The van der Waals surface area contributed by atoms with E-state index < -0.39 is 0 Å². The SMILES string of the molecule is Cc1cccc(C2=NC(c3cc(C)c(-n4c5ccc(-n6c7ccccc7c7ccccc76)cc5c5cc(-n6c7ccccc7c7ccccc76)ccc54)c(C)c3)=CC(c3cccc(C)c3)N2)c1. The van der Waals surface area contributed by atoms with E-state index in [0.717, 1.165) is 45.1 Å². The maximum absolute atomic E-state index is 5.35. The molecule has 1 atom stereocenters. The summed E-state index contributed by atoms with van der Waals surface area (Å²) in [7, 11) is 0. The molecule has 1 aliphatic heterocycles. The number of fused-ring (bicyclic) bond motifs is 9. The molecule has 0 amide bonds. The molecule has 0 fully saturated rings. The van der Waals surface area contributed by atoms with Gasteiger partial charge in [0, 0.05) is 54.8 Å². The number of para-hydroxylation sites is 4. The molecule has 13 rings (SSSR count). The molecular formula is C62H47N5. The minimum Gasteiger partial charge on any atom is -0.359 e. The van der Waals surface area contributed by atoms with Crippen LogP contribution in [-0.2, 0) is 0 Å². The topological polar surface area (TPSA) is 39.2 Å². The Morgan fingerprint density at radius 3 is 1.34 bits per heavy atom. The minimum atomic E-state index is -0.0343. The summed E-state index contributed by atoms with van der Waals surface area (Å²) in [5.41, 5.74) is 19.8. The van der Waals surface area contributed by atoms with Crippen LogP contribution in [0.2, 0.25) is 0 Å². The molecule has 1 unspecified atom stereocenters. The van der Waals surface area contributed by atoms with Crippen molar-refractivity contribution >= 4 is 77.0 Å². The fourth-order valence-electron chi connectivity index (χ4n) is 11.1. The molecule has 1 N–H and O–H groups in total. The molecule has 5 nitrogen and oxygen atoms in total. The Kier molecular flexibility index (Phi) is 8.78. The third kappa shape index (κ3) is 6.19. The van der Waals surface area contributed by atoms with E-state index in [1.54, 1.807) is 0 Å². The van der Waals surface area contributed by atoms with Gasteiger partial charge in [0.2, 0.25) is 0 Å². The summed E-state index contributed by atoms with van der Waals surface area (Å²) in [6.07, 6.45) is 2.29. The first-order chi connectivity index (χ1) is 32.9. The van der Waals surface area contributed by atoms with Crippen LogP contribution in [0.4, 0.5) is 0 Å². The van der Waals surface area contributed by atoms with Gasteiger partial charge in [0.25, 0.3) is 0 Å². The van der Waals surface area contributed by atoms with Gasteiger partial charge in [0.1, 0.15) is 5.84 Å². The van der Waals surface area contributed by atoms with Gasteiger partial charge in [-0.3, -0.25) is 0 Å². The van der Waals surface area contributed by atoms with Gasteiger partial charge in [-0.1, -0.05) is 126 Å². The van der Waals surface area contributed by atoms with Crippen molar-refractivity contribution in [1.82, 2.24) is 19.0 Å². The van der Waals surface area contributed by atoms with Crippen LogP contribution in [0.1, 0.15) is 45.0 Å². The van der Waals surface area contributed by atoms with Crippen LogP contribution in [0.15, 0.2) is 205 Å². The summed E-state index contributed by atoms with van der Waals surface area (Å²) in [5.74, 6) is 0.882. The Balaban J connectivity index is 1.03. The van der Waals surface area contributed by atoms with Crippen LogP contribution in [-0.4, -0.2) is 19.5 Å². The number of aromatic nitrogens is 3. The van der Waals surface area contributed by atoms with E-state index >= 15 is 0 Å². The molecule has 0 saturated carbocycles. The Morgan fingerprint density at radius 1 is 0.388 bits per heavy atom. The zero-order valence-electron chi connectivity index (χ0n) is 37.9. The second-order valence-corrected chi connectivity index (χ2v) is 18.4. The lowest BCUT2D eigenvalue weighted by Crippen LogP contribution is -2.31. The van der Waals surface area contributed by atoms with Gasteiger partial charge in [-0.05, 0) is 129 Å². The monoisotopic (exact) mass is 861 g/mol. The molecule has 0 radical (unpaired) electrons. The summed E-state index contributed by atoms with van der Waals surface area (Å²) >= 11 is 0. The van der Waals surface area contributed by atoms with Gasteiger partial charge in [-0.15, -0.1) is 0 Å². The lowest BCUT2D eigenvalue weighted by Gasteiger charge is -2.25. The second-order valence-electron chi connectivity index (χ2n) is 18.4. The highest BCUT2D eigenvalue weighted by molar-refractivity contribution is 6.14. The molecule has 0 aliphatic carbocycles. The number of hydrogen-bond acceptors (Lipinski definition) is 2. The fraction of sp³-hybridized carbons (Fsp3) is 0.0806. The van der Waals surface area contributed by atoms with Crippen LogP contribution in [0.25, 0.3) is 88.2 Å². The molecule has 5 heteroatoms. The van der Waals surface area contributed by atoms with E-state index in [2.05, 4.69) is 247 Å². The molecule has 1 aliphatic rings. The highest BCUT2D eigenvalue weighted by Crippen LogP contribution is 2.41. The highest BCUT2D eigenvalue weighted by atomic mass is 15.1. The Labute approximate surface area is 389 Å². The number of rotatable bonds is 6. The van der Waals surface area contributed by atoms with Crippen molar-refractivity contribution in [2.24, 2.45) is 4.99 Å². The minimum absolute atomic E-state index is 0.0343. The molecule has 9 aromatic carbocycles. The van der Waals surface area contributed by atoms with Crippen molar-refractivity contribution in [2.45, 2.75) is 33.7 Å². The standard InChI is InChI=1S/C62H47N5/c1-38-15-13-17-42(31-38)53-37-54(64-62(63-53)43-18-14-16-39(2)32-43)44-33-40(3)61(41(4)34-44)67-59-29-27-45(65-55-23-9-5-19-47(55)48-20-6-10-24-56(48)65)35-51(59)52-36-46(28-30-60(52)67)66-57-25-11-7-21-49(57)50-22-8-12-26-58(50)66/h5-37,53H,1-4H3,(H,63,64). The van der Waals surface area contributed by atoms with Gasteiger partial charge in [-0.25, -0.2) is 4.99 Å². The number of aliphatic imine (C=N–C) groups is 1. The lowest BCUT2D eigenvalue weighted by atomic mass is 9.96. The number of benzene rings is 9. The first-order valence-corrected chi connectivity index (χ1v) is 23.2. The largest absolute Gasteiger partial charge is 0.359 e. The average Bonchev–Trinajstić information content (AvgIpc) is 3.99. The molecule has 4 heterocycles. The molecule has 3 aromatic heterocycles. The maximum Gasteiger partial charge on any atom is 0.134 e. The van der Waals surface area contributed by atoms with E-state index in [-0.39, 0.29) is 6.04 Å². The highest BCUT2D eigenvalue weighted by Gasteiger charge is 2.24. The van der Waals surface area contributed by atoms with E-state index in [4.69, 9.17) is 4.99 Å². The lowest BCUT2D eigenvalue weighted by molar-refractivity contribution is 0.779. The molecule has 320 valence electrons. The van der Waals surface area contributed by atoms with Crippen molar-refractivity contribution in [1.29, 1.82) is 0 Å². The van der Waals surface area contributed by atoms with Crippen molar-refractivity contribution in [3.05, 3.63) is 239 Å². The Bertz CT molecular complexity index is 3770. The predicted molar refractivity (Wildman–Crippen MR) is 282 cm³/mol. The average molecular weight is 862 g/mol. The summed E-state index contributed by atoms with van der Waals surface area (Å²) in [6, 6.07) is 71.2. The molecule has 12 aromatic rings. The number of hydrogen-bond donors (Lipinski definition) is 1. The van der Waals surface area contributed by atoms with Crippen LogP contribution in [0.3, 0.4) is 0 Å². The molecule has 0 spiro atoms. The van der Waals surface area contributed by atoms with Crippen LogP contribution < -0.4 is 5.32 Å². The number of aryl methyl sites for hydroxylation is 4. The van der Waals surface area contributed by atoms with Crippen LogP contribution in [0, 0.1) is 27.7 Å². The van der Waals surface area contributed by atoms with Crippen LogP contribution >= 0.6 is 0 Å². The summed E-state index contributed by atoms with van der Waals surface area (Å²) < 4.78 is 7.35. The van der Waals surface area contributed by atoms with Crippen molar-refractivity contribution in [2.75, 3.05) is 0 Å². The van der Waals surface area contributed by atoms with Gasteiger partial charge in [0.15, 0.2) is 0 Å². The number of nitrogens with one attached hydrogen (secondary N) is 1. The number of nitrogens with zero attached hydrogens (tertiary/aromatic N) is 4. The summed E-state index contributed by atoms with van der Waals surface area (Å²) in [5, 5.41) is 11.2. The third-order valence-corrected chi connectivity index (χ3v) is 14.0. The van der Waals surface area contributed by atoms with Gasteiger partial charge in [0.05, 0.1) is 50.5 Å². The van der Waals surface area contributed by atoms with Gasteiger partial charge >= 0.3 is 0 Å². The number of amidine groups is 1. The zero-order chi connectivity index (χ0) is 44.9. The van der Waals surface area contributed by atoms with E-state index in [9.17, 15) is 0 Å². The van der Waals surface area contributed by atoms with Crippen molar-refractivity contribution in [3.63, 3.8) is 0 Å². The van der Waals surface area contributed by atoms with E-state index in [1.165, 1.54) is 87.9 Å². The van der Waals surface area contributed by atoms with Gasteiger partial charge < -0.3 is 19.0 Å². The molecule has 0 saturated heterocycles. The third-order valence-electron chi connectivity index (χ3n) is 14.0. The predicted octanol–water partition coefficient (Wildman–Crippen LogP) is 15.3. The normalized spacial score (nSPS) is 14.1. The fourth-order valence-corrected chi connectivity index (χ4v) is 11.1. The second kappa shape index (κ2) is 15.1. The Morgan fingerprint density at radius 2 is 0.851 bits per heavy atom. The van der Waals surface area contributed by atoms with E-state index in [0.29, 0.717) is 0 Å². The summed E-state index contributed by atoms with van der Waals surface area (Å²) in [6.45, 7) is 8.81. The zero-order valence-corrected chi connectivity index (χ0v) is 37.9. The van der Waals surface area contributed by atoms with Crippen LogP contribution in [0.5, 0.6) is 0 Å². The molecule has 0 bridgehead atoms. The molecular weight excluding hydrogens is 815 g/mol. The maximum atomic E-state index is 5.35.